The van der Waals surface area contributed by atoms with Gasteiger partial charge in [0.05, 0.1) is 6.61 Å². The van der Waals surface area contributed by atoms with Crippen LogP contribution in [0.1, 0.15) is 168 Å². The van der Waals surface area contributed by atoms with E-state index in [-0.39, 0.29) is 6.42 Å². The molecule has 13 nitrogen and oxygen atoms in total. The number of aliphatic hydroxyl groups excluding tert-OH is 5. The Kier molecular flexibility index (Phi) is 34.3. The lowest BCUT2D eigenvalue weighted by Gasteiger charge is -2.41. The molecular weight excluding hydrogens is 803 g/mol. The Morgan fingerprint density at radius 3 is 1.56 bits per heavy atom. The molecule has 0 heterocycles. The molecule has 1 saturated carbocycles. The monoisotopic (exact) mass is 885 g/mol. The maximum absolute atomic E-state index is 12.8. The number of allylic oxidation sites excluding steroid dienone is 9. The molecule has 0 radical (unpaired) electrons. The van der Waals surface area contributed by atoms with Crippen molar-refractivity contribution in [1.82, 2.24) is 0 Å². The largest absolute Gasteiger partial charge is 0.472 e. The molecule has 0 aromatic heterocycles. The lowest BCUT2D eigenvalue weighted by atomic mass is 9.85. The van der Waals surface area contributed by atoms with E-state index in [0.29, 0.717) is 6.42 Å². The highest BCUT2D eigenvalue weighted by Crippen LogP contribution is 2.47. The number of aliphatic hydroxyl groups is 5. The third kappa shape index (κ3) is 29.5. The number of esters is 2. The van der Waals surface area contributed by atoms with Gasteiger partial charge in [0.2, 0.25) is 0 Å². The van der Waals surface area contributed by atoms with Crippen molar-refractivity contribution in [2.45, 2.75) is 211 Å². The van der Waals surface area contributed by atoms with Gasteiger partial charge in [0, 0.05) is 12.5 Å². The Bertz CT molecular complexity index is 1300. The maximum Gasteiger partial charge on any atom is 0.472 e. The predicted octanol–water partition coefficient (Wildman–Crippen LogP) is 8.94. The van der Waals surface area contributed by atoms with Crippen LogP contribution in [0.15, 0.2) is 60.8 Å². The van der Waals surface area contributed by atoms with E-state index in [1.165, 1.54) is 89.2 Å². The van der Waals surface area contributed by atoms with Crippen LogP contribution >= 0.6 is 7.82 Å². The zero-order valence-corrected chi connectivity index (χ0v) is 38.1. The van der Waals surface area contributed by atoms with Gasteiger partial charge in [-0.25, -0.2) is 9.36 Å². The molecule has 0 bridgehead atoms. The molecular formula is C47H81O13P. The summed E-state index contributed by atoms with van der Waals surface area (Å²) in [5.41, 5.74) is 0. The van der Waals surface area contributed by atoms with E-state index in [0.717, 1.165) is 64.2 Å². The normalized spacial score (nSPS) is 22.6. The Hall–Kier alpha value is -2.45. The zero-order chi connectivity index (χ0) is 45.0. The average Bonchev–Trinajstić information content (AvgIpc) is 3.24. The van der Waals surface area contributed by atoms with E-state index in [9.17, 15) is 44.6 Å². The summed E-state index contributed by atoms with van der Waals surface area (Å²) in [6.45, 7) is 3.14. The molecule has 0 amide bonds. The van der Waals surface area contributed by atoms with Gasteiger partial charge >= 0.3 is 19.8 Å². The number of ether oxygens (including phenoxy) is 2. The molecule has 0 aromatic rings. The maximum atomic E-state index is 12.8. The number of phosphoric ester groups is 1. The summed E-state index contributed by atoms with van der Waals surface area (Å²) in [5, 5.41) is 50.1. The Morgan fingerprint density at radius 2 is 1.00 bits per heavy atom. The molecule has 8 atom stereocenters. The average molecular weight is 885 g/mol. The minimum atomic E-state index is -5.15. The van der Waals surface area contributed by atoms with Crippen LogP contribution in [0.25, 0.3) is 0 Å². The van der Waals surface area contributed by atoms with Gasteiger partial charge in [0.15, 0.2) is 6.10 Å². The third-order valence-corrected chi connectivity index (χ3v) is 11.4. The summed E-state index contributed by atoms with van der Waals surface area (Å²) >= 11 is 0. The summed E-state index contributed by atoms with van der Waals surface area (Å²) in [7, 11) is -5.15. The second-order valence-electron chi connectivity index (χ2n) is 16.0. The lowest BCUT2D eigenvalue weighted by molar-refractivity contribution is -0.220. The van der Waals surface area contributed by atoms with Gasteiger partial charge in [0.1, 0.15) is 43.2 Å². The topological polar surface area (TPSA) is 210 Å². The van der Waals surface area contributed by atoms with E-state index in [4.69, 9.17) is 18.5 Å². The molecule has 0 aliphatic heterocycles. The first-order valence-corrected chi connectivity index (χ1v) is 24.6. The van der Waals surface area contributed by atoms with Crippen molar-refractivity contribution in [2.24, 2.45) is 0 Å². The number of hydrogen-bond acceptors (Lipinski definition) is 12. The van der Waals surface area contributed by atoms with E-state index in [2.05, 4.69) is 50.3 Å². The van der Waals surface area contributed by atoms with Crippen LogP contribution in [0.2, 0.25) is 0 Å². The summed E-state index contributed by atoms with van der Waals surface area (Å²) in [6, 6.07) is 0. The zero-order valence-electron chi connectivity index (χ0n) is 37.2. The first-order valence-electron chi connectivity index (χ1n) is 23.1. The molecule has 0 spiro atoms. The standard InChI is InChI=1S/C47H81O13P/c1-3-5-7-9-11-13-15-17-19-20-22-24-26-28-30-32-34-36-41(49)59-39(38-58-61(55,56)60-47-45(53)43(51)42(50)44(52)46(47)54)37-57-40(48)35-33-31-29-27-25-23-21-18-16-14-12-10-8-6-4-2/h11,13,17,19,22,24,29,31,33,35,39,42-47,50-54H,3-10,12,14-16,18,20-21,23,25-28,30,32,34,36-38H2,1-2H3,(H,55,56)/b13-11+,19-17+,24-22+,31-29+,35-33+/t39-,42?,43+,44?,45?,46?,47?/m1/s1. The molecule has 6 N–H and O–H groups in total. The first kappa shape index (κ1) is 56.6. The van der Waals surface area contributed by atoms with Gasteiger partial charge in [-0.1, -0.05) is 158 Å². The van der Waals surface area contributed by atoms with Gasteiger partial charge in [-0.05, 0) is 57.8 Å². The number of carbonyl (C=O) groups is 2. The van der Waals surface area contributed by atoms with Crippen LogP contribution in [0.5, 0.6) is 0 Å². The summed E-state index contributed by atoms with van der Waals surface area (Å²) in [5.74, 6) is -1.38. The number of phosphoric acid groups is 1. The Labute approximate surface area is 366 Å². The van der Waals surface area contributed by atoms with Crippen molar-refractivity contribution in [3.8, 4) is 0 Å². The van der Waals surface area contributed by atoms with E-state index in [1.54, 1.807) is 6.08 Å². The molecule has 0 saturated heterocycles. The van der Waals surface area contributed by atoms with Crippen molar-refractivity contribution in [2.75, 3.05) is 13.2 Å². The molecule has 0 aromatic carbocycles. The molecule has 352 valence electrons. The van der Waals surface area contributed by atoms with E-state index >= 15 is 0 Å². The fourth-order valence-electron chi connectivity index (χ4n) is 6.68. The Balaban J connectivity index is 2.54. The molecule has 6 unspecified atom stereocenters. The van der Waals surface area contributed by atoms with Gasteiger partial charge in [-0.2, -0.15) is 0 Å². The molecule has 1 rings (SSSR count). The molecule has 14 heteroatoms. The van der Waals surface area contributed by atoms with Crippen LogP contribution in [0.4, 0.5) is 0 Å². The van der Waals surface area contributed by atoms with Gasteiger partial charge < -0.3 is 39.9 Å². The van der Waals surface area contributed by atoms with Crippen molar-refractivity contribution in [3.05, 3.63) is 60.8 Å². The summed E-state index contributed by atoms with van der Waals surface area (Å²) in [6.07, 6.45) is 31.9. The minimum absolute atomic E-state index is 0.0494. The minimum Gasteiger partial charge on any atom is -0.458 e. The molecule has 1 aliphatic rings. The van der Waals surface area contributed by atoms with Crippen LogP contribution in [-0.4, -0.2) is 98.3 Å². The van der Waals surface area contributed by atoms with E-state index in [1.807, 2.05) is 6.08 Å². The molecule has 1 aliphatic carbocycles. The summed E-state index contributed by atoms with van der Waals surface area (Å²) < 4.78 is 33.3. The number of carbonyl (C=O) groups excluding carboxylic acids is 2. The second-order valence-corrected chi connectivity index (χ2v) is 17.4. The van der Waals surface area contributed by atoms with Crippen molar-refractivity contribution in [1.29, 1.82) is 0 Å². The SMILES string of the molecule is CCCCC/C=C/C/C=C/C/C=C/CCCCCCC(=O)O[C@H](COC(=O)/C=C/C=C/CCCCCCCCCCCCC)COP(=O)(O)OC1C(O)C(O)C(O)[C@H](O)C1O. The highest BCUT2D eigenvalue weighted by molar-refractivity contribution is 7.47. The van der Waals surface area contributed by atoms with Gasteiger partial charge in [0.25, 0.3) is 0 Å². The van der Waals surface area contributed by atoms with Crippen LogP contribution in [-0.2, 0) is 32.7 Å². The highest BCUT2D eigenvalue weighted by Gasteiger charge is 2.51. The van der Waals surface area contributed by atoms with Gasteiger partial charge in [-0.15, -0.1) is 0 Å². The third-order valence-electron chi connectivity index (χ3n) is 10.4. The molecule has 61 heavy (non-hydrogen) atoms. The quantitative estimate of drug-likeness (QED) is 0.00861. The van der Waals surface area contributed by atoms with E-state index < -0.39 is 75.7 Å². The highest BCUT2D eigenvalue weighted by atomic mass is 31.2. The fourth-order valence-corrected chi connectivity index (χ4v) is 7.65. The summed E-state index contributed by atoms with van der Waals surface area (Å²) in [4.78, 5) is 35.6. The van der Waals surface area contributed by atoms with Crippen molar-refractivity contribution >= 4 is 19.8 Å². The second kappa shape index (κ2) is 37.0. The van der Waals surface area contributed by atoms with Crippen molar-refractivity contribution in [3.63, 3.8) is 0 Å². The molecule has 1 fully saturated rings. The first-order chi connectivity index (χ1) is 29.4. The van der Waals surface area contributed by atoms with Crippen LogP contribution < -0.4 is 0 Å². The predicted molar refractivity (Wildman–Crippen MR) is 239 cm³/mol. The Morgan fingerprint density at radius 1 is 0.557 bits per heavy atom. The number of hydrogen-bond donors (Lipinski definition) is 6. The smallest absolute Gasteiger partial charge is 0.458 e. The van der Waals surface area contributed by atoms with Crippen LogP contribution in [0, 0.1) is 0 Å². The van der Waals surface area contributed by atoms with Gasteiger partial charge in [-0.3, -0.25) is 13.8 Å². The fraction of sp³-hybridized carbons (Fsp3) is 0.745. The lowest BCUT2D eigenvalue weighted by Crippen LogP contribution is -2.64. The van der Waals surface area contributed by atoms with Crippen LogP contribution in [0.3, 0.4) is 0 Å². The number of rotatable bonds is 37. The van der Waals surface area contributed by atoms with Crippen molar-refractivity contribution < 1.29 is 63.1 Å². The number of unbranched alkanes of at least 4 members (excludes halogenated alkanes) is 18.